The van der Waals surface area contributed by atoms with E-state index in [1.54, 1.807) is 6.07 Å². The number of para-hydroxylation sites is 1. The maximum atomic E-state index is 13.3. The monoisotopic (exact) mass is 741 g/mol. The lowest BCUT2D eigenvalue weighted by atomic mass is 10.0. The zero-order valence-electron chi connectivity index (χ0n) is 24.7. The number of ether oxygens (including phenoxy) is 2. The van der Waals surface area contributed by atoms with Crippen molar-refractivity contribution in [3.63, 3.8) is 0 Å². The van der Waals surface area contributed by atoms with Gasteiger partial charge in [-0.05, 0) is 35.9 Å². The number of hydrogen-bond acceptors (Lipinski definition) is 11. The van der Waals surface area contributed by atoms with Crippen LogP contribution in [0.5, 0.6) is 5.75 Å². The van der Waals surface area contributed by atoms with Crippen molar-refractivity contribution in [2.24, 2.45) is 11.7 Å². The lowest BCUT2D eigenvalue weighted by Gasteiger charge is -2.27. The number of aromatic amines is 1. The molecule has 2 aliphatic heterocycles. The Kier molecular flexibility index (Phi) is 12.6. The molecule has 46 heavy (non-hydrogen) atoms. The van der Waals surface area contributed by atoms with Crippen molar-refractivity contribution in [3.8, 4) is 5.75 Å². The van der Waals surface area contributed by atoms with Gasteiger partial charge in [-0.3, -0.25) is 28.2 Å². The number of carboxylic acids is 1. The van der Waals surface area contributed by atoms with E-state index in [0.717, 1.165) is 11.1 Å². The van der Waals surface area contributed by atoms with Crippen LogP contribution in [0.25, 0.3) is 6.08 Å². The summed E-state index contributed by atoms with van der Waals surface area (Å²) in [5, 5.41) is 7.12. The first-order valence-corrected chi connectivity index (χ1v) is 16.0. The summed E-state index contributed by atoms with van der Waals surface area (Å²) in [5.74, 6) is -2.81. The van der Waals surface area contributed by atoms with Gasteiger partial charge in [0.25, 0.3) is 5.56 Å². The number of carbonyl (C=O) groups excluding carboxylic acids is 1. The molecule has 1 aromatic carbocycles. The normalized spacial score (nSPS) is 23.3. The van der Waals surface area contributed by atoms with E-state index in [1.807, 2.05) is 32.9 Å². The van der Waals surface area contributed by atoms with E-state index in [9.17, 15) is 32.1 Å². The predicted molar refractivity (Wildman–Crippen MR) is 159 cm³/mol. The third-order valence-electron chi connectivity index (χ3n) is 6.54. The number of H-pyrrole nitrogens is 1. The summed E-state index contributed by atoms with van der Waals surface area (Å²) in [6.45, 7) is 5.37. The molecule has 0 aliphatic carbocycles. The van der Waals surface area contributed by atoms with E-state index < -0.39 is 61.7 Å². The Hall–Kier alpha value is -3.28. The molecular weight excluding hydrogens is 710 g/mol. The number of carbonyl (C=O) groups is 2. The molecule has 4 rings (SSSR count). The topological polar surface area (TPSA) is 198 Å². The molecule has 0 amide bonds. The van der Waals surface area contributed by atoms with Gasteiger partial charge in [-0.2, -0.15) is 13.2 Å². The van der Waals surface area contributed by atoms with Gasteiger partial charge < -0.3 is 24.8 Å². The van der Waals surface area contributed by atoms with Gasteiger partial charge in [0, 0.05) is 18.2 Å². The number of aromatic nitrogens is 2. The largest absolute Gasteiger partial charge is 0.530 e. The van der Waals surface area contributed by atoms with Gasteiger partial charge in [0.05, 0.1) is 18.8 Å². The molecule has 1 fully saturated rings. The van der Waals surface area contributed by atoms with Gasteiger partial charge in [0.2, 0.25) is 0 Å². The predicted octanol–water partition coefficient (Wildman–Crippen LogP) is 4.15. The molecule has 5 atom stereocenters. The first-order valence-electron chi connectivity index (χ1n) is 13.6. The Balaban J connectivity index is 0.000000738. The van der Waals surface area contributed by atoms with Crippen LogP contribution in [-0.4, -0.2) is 57.6 Å². The number of esters is 1. The third-order valence-corrected chi connectivity index (χ3v) is 8.12. The second-order valence-electron chi connectivity index (χ2n) is 10.6. The summed E-state index contributed by atoms with van der Waals surface area (Å²) in [6, 6.07) is 4.59. The highest BCUT2D eigenvalue weighted by Gasteiger charge is 2.43. The summed E-state index contributed by atoms with van der Waals surface area (Å²) >= 11 is 3.11. The molecule has 2 aliphatic rings. The maximum Gasteiger partial charge on any atom is 0.530 e. The molecule has 0 spiro atoms. The Morgan fingerprint density at radius 3 is 2.59 bits per heavy atom. The van der Waals surface area contributed by atoms with Gasteiger partial charge in [-0.25, -0.2) is 14.2 Å². The number of nitrogens with two attached hydrogens (primary N) is 1. The number of nitrogens with zero attached hydrogens (tertiary/aromatic N) is 1. The molecular formula is C27H32BrF3N3O11P. The molecule has 0 bridgehead atoms. The van der Waals surface area contributed by atoms with Crippen molar-refractivity contribution in [2.45, 2.75) is 70.9 Å². The van der Waals surface area contributed by atoms with Crippen LogP contribution in [0, 0.1) is 12.8 Å². The van der Waals surface area contributed by atoms with E-state index in [-0.39, 0.29) is 31.1 Å². The van der Waals surface area contributed by atoms with Crippen LogP contribution in [0.15, 0.2) is 39.0 Å². The standard InChI is InChI=1S/C25H31BrN3O9P.C2HF3O2/c1-14(2)9-18(27)24(31)37-19-10-21(29-11-16(7-8-26)23(30)28-25(29)32)36-20(19)13-35-39(33)34-12-17-6-4-5-15(3)22(17)38-39;3-2(4,5)1(6)7/h4-8,11,14,18-21H,9-10,12-13,27H2,1-3H3,(H,28,30,32);(H,6,7)/b8-7+;/t18-,19-,20+,21+,39?;/m0./s1. The molecule has 1 aromatic heterocycles. The average molecular weight is 742 g/mol. The average Bonchev–Trinajstić information content (AvgIpc) is 3.35. The molecule has 3 heterocycles. The van der Waals surface area contributed by atoms with Gasteiger partial charge in [-0.1, -0.05) is 48.0 Å². The number of aliphatic carboxylic acids is 1. The first-order chi connectivity index (χ1) is 21.4. The molecule has 0 radical (unpaired) electrons. The number of benzene rings is 1. The summed E-state index contributed by atoms with van der Waals surface area (Å²) in [6.07, 6.45) is -4.60. The highest BCUT2D eigenvalue weighted by molar-refractivity contribution is 9.11. The third kappa shape index (κ3) is 9.86. The molecule has 19 heteroatoms. The molecule has 2 aromatic rings. The van der Waals surface area contributed by atoms with E-state index in [0.29, 0.717) is 12.2 Å². The number of nitrogens with one attached hydrogen (secondary N) is 1. The van der Waals surface area contributed by atoms with Crippen molar-refractivity contribution in [1.29, 1.82) is 0 Å². The van der Waals surface area contributed by atoms with Gasteiger partial charge in [0.15, 0.2) is 0 Å². The fourth-order valence-electron chi connectivity index (χ4n) is 4.36. The van der Waals surface area contributed by atoms with E-state index in [2.05, 4.69) is 20.9 Å². The van der Waals surface area contributed by atoms with Crippen LogP contribution in [0.2, 0.25) is 0 Å². The summed E-state index contributed by atoms with van der Waals surface area (Å²) in [4.78, 5) is 50.1. The minimum Gasteiger partial charge on any atom is -0.475 e. The zero-order valence-corrected chi connectivity index (χ0v) is 27.2. The van der Waals surface area contributed by atoms with Crippen molar-refractivity contribution >= 4 is 41.8 Å². The Labute approximate surface area is 268 Å². The summed E-state index contributed by atoms with van der Waals surface area (Å²) in [7, 11) is -4.02. The number of hydrogen-bond donors (Lipinski definition) is 3. The molecule has 1 saturated heterocycles. The summed E-state index contributed by atoms with van der Waals surface area (Å²) in [5.41, 5.74) is 6.43. The van der Waals surface area contributed by atoms with E-state index in [1.165, 1.54) is 21.8 Å². The highest BCUT2D eigenvalue weighted by atomic mass is 79.9. The van der Waals surface area contributed by atoms with Gasteiger partial charge in [-0.15, -0.1) is 0 Å². The van der Waals surface area contributed by atoms with Crippen LogP contribution in [0.3, 0.4) is 0 Å². The highest BCUT2D eigenvalue weighted by Crippen LogP contribution is 2.55. The SMILES string of the molecule is Cc1cccc2c1OP(=O)(OC[C@H]1O[C@@H](n3cc(/C=C/Br)c(=O)[nH]c3=O)C[C@@H]1OC(=O)[C@@H](N)CC(C)C)OC2.O=C(O)C(F)(F)F. The smallest absolute Gasteiger partial charge is 0.475 e. The first kappa shape index (κ1) is 37.2. The molecule has 254 valence electrons. The number of phosphoric ester groups is 1. The van der Waals surface area contributed by atoms with Crippen LogP contribution >= 0.6 is 23.8 Å². The number of fused-ring (bicyclic) bond motifs is 1. The number of alkyl halides is 3. The lowest BCUT2D eigenvalue weighted by molar-refractivity contribution is -0.192. The fraction of sp³-hybridized carbons (Fsp3) is 0.481. The minimum absolute atomic E-state index is 0.0293. The van der Waals surface area contributed by atoms with Gasteiger partial charge >= 0.3 is 31.6 Å². The number of halogens is 4. The van der Waals surface area contributed by atoms with Crippen LogP contribution < -0.4 is 21.5 Å². The van der Waals surface area contributed by atoms with Gasteiger partial charge in [0.1, 0.15) is 30.2 Å². The molecule has 14 nitrogen and oxygen atoms in total. The Bertz CT molecular complexity index is 1610. The minimum atomic E-state index is -5.08. The number of rotatable bonds is 9. The van der Waals surface area contributed by atoms with Crippen molar-refractivity contribution in [2.75, 3.05) is 6.61 Å². The Morgan fingerprint density at radius 1 is 1.30 bits per heavy atom. The number of phosphoric acid groups is 1. The molecule has 0 saturated carbocycles. The van der Waals surface area contributed by atoms with Crippen molar-refractivity contribution in [3.05, 3.63) is 66.9 Å². The lowest BCUT2D eigenvalue weighted by Crippen LogP contribution is -2.39. The van der Waals surface area contributed by atoms with Crippen LogP contribution in [0.4, 0.5) is 13.2 Å². The van der Waals surface area contributed by atoms with Crippen LogP contribution in [-0.2, 0) is 39.3 Å². The van der Waals surface area contributed by atoms with Crippen LogP contribution in [0.1, 0.15) is 49.6 Å². The van der Waals surface area contributed by atoms with Crippen molar-refractivity contribution < 1.29 is 55.5 Å². The van der Waals surface area contributed by atoms with E-state index in [4.69, 9.17) is 38.7 Å². The zero-order chi connectivity index (χ0) is 34.4. The fourth-order valence-corrected chi connectivity index (χ4v) is 5.94. The number of carboxylic acid groups (broad SMARTS) is 1. The molecule has 4 N–H and O–H groups in total. The quantitative estimate of drug-likeness (QED) is 0.246. The Morgan fingerprint density at radius 2 is 1.98 bits per heavy atom. The second-order valence-corrected chi connectivity index (χ2v) is 12.7. The summed E-state index contributed by atoms with van der Waals surface area (Å²) < 4.78 is 74.5. The van der Waals surface area contributed by atoms with Crippen molar-refractivity contribution in [1.82, 2.24) is 9.55 Å². The number of aryl methyl sites for hydroxylation is 1. The second kappa shape index (κ2) is 15.5. The molecule has 1 unspecified atom stereocenters. The maximum absolute atomic E-state index is 13.3. The van der Waals surface area contributed by atoms with E-state index >= 15 is 0 Å².